The van der Waals surface area contributed by atoms with Crippen LogP contribution in [0.2, 0.25) is 0 Å². The number of terminal acetylenes is 1. The zero-order valence-electron chi connectivity index (χ0n) is 17.6. The Morgan fingerprint density at radius 3 is 2.68 bits per heavy atom. The Morgan fingerprint density at radius 1 is 1.29 bits per heavy atom. The lowest BCUT2D eigenvalue weighted by atomic mass is 10.1. The molecule has 0 unspecified atom stereocenters. The summed E-state index contributed by atoms with van der Waals surface area (Å²) < 4.78 is 27.8. The zero-order chi connectivity index (χ0) is 22.4. The molecule has 0 spiro atoms. The van der Waals surface area contributed by atoms with E-state index in [1.54, 1.807) is 27.7 Å². The molecule has 2 aromatic heterocycles. The van der Waals surface area contributed by atoms with E-state index in [2.05, 4.69) is 47.6 Å². The number of nitrogens with zero attached hydrogens (tertiary/aromatic N) is 3. The highest BCUT2D eigenvalue weighted by molar-refractivity contribution is 8.23. The van der Waals surface area contributed by atoms with E-state index in [1.807, 2.05) is 6.07 Å². The Kier molecular flexibility index (Phi) is 5.34. The second kappa shape index (κ2) is 7.72. The molecule has 0 aromatic carbocycles. The molecule has 4 rings (SSSR count). The minimum atomic E-state index is -3.72. The molecule has 160 valence electrons. The van der Waals surface area contributed by atoms with E-state index >= 15 is 0 Å². The molecule has 1 aliphatic carbocycles. The summed E-state index contributed by atoms with van der Waals surface area (Å²) in [6, 6.07) is 1.95. The number of sulfonamides is 1. The van der Waals surface area contributed by atoms with Gasteiger partial charge in [-0.2, -0.15) is 5.10 Å². The van der Waals surface area contributed by atoms with Gasteiger partial charge in [-0.15, -0.1) is 6.42 Å². The van der Waals surface area contributed by atoms with Gasteiger partial charge in [0.2, 0.25) is 0 Å². The standard InChI is InChI=1S/C21H22N6O2S2/c1-6-14-12(2)22-20(16-9-10-18(30-16)31(28,29)27-21(3,4)5)24-19(14)23-17-11-15(25-26-17)13-7-8-13/h1,11,13,27H,7-8H2,2-5H3,(H2,22,23,24,25,26). The van der Waals surface area contributed by atoms with Crippen molar-refractivity contribution >= 4 is 38.3 Å². The lowest BCUT2D eigenvalue weighted by Gasteiger charge is -2.20. The number of anilines is 2. The number of nitrogens with one attached hydrogen (secondary N) is 3. The normalized spacial score (nSPS) is 16.1. The van der Waals surface area contributed by atoms with Crippen molar-refractivity contribution in [1.29, 1.82) is 0 Å². The van der Waals surface area contributed by atoms with Gasteiger partial charge in [0.05, 0.1) is 11.3 Å². The third-order valence-corrected chi connectivity index (χ3v) is 7.61. The molecule has 2 aliphatic rings. The smallest absolute Gasteiger partial charge is 0.255 e. The fraction of sp³-hybridized carbons (Fsp3) is 0.381. The van der Waals surface area contributed by atoms with Crippen LogP contribution in [0.15, 0.2) is 21.8 Å². The second-order valence-electron chi connectivity index (χ2n) is 8.43. The minimum Gasteiger partial charge on any atom is -0.322 e. The first-order valence-electron chi connectivity index (χ1n) is 9.71. The fourth-order valence-electron chi connectivity index (χ4n) is 2.99. The van der Waals surface area contributed by atoms with Gasteiger partial charge < -0.3 is 5.32 Å². The van der Waals surface area contributed by atoms with Gasteiger partial charge in [0.15, 0.2) is 21.7 Å². The summed E-state index contributed by atoms with van der Waals surface area (Å²) in [5.41, 5.74) is 7.11. The first kappa shape index (κ1) is 21.4. The van der Waals surface area contributed by atoms with Gasteiger partial charge in [0, 0.05) is 23.2 Å². The van der Waals surface area contributed by atoms with Crippen LogP contribution in [0, 0.1) is 19.3 Å². The molecule has 0 atom stereocenters. The van der Waals surface area contributed by atoms with Crippen molar-refractivity contribution in [2.24, 2.45) is 0 Å². The molecule has 1 aliphatic heterocycles. The van der Waals surface area contributed by atoms with Crippen LogP contribution in [0.5, 0.6) is 0 Å². The molecule has 31 heavy (non-hydrogen) atoms. The number of aromatic nitrogens is 4. The fourth-order valence-corrected chi connectivity index (χ4v) is 5.46. The van der Waals surface area contributed by atoms with E-state index in [1.165, 1.54) is 0 Å². The van der Waals surface area contributed by atoms with Crippen LogP contribution in [0.1, 0.15) is 62.3 Å². The Bertz CT molecular complexity index is 1310. The van der Waals surface area contributed by atoms with Crippen LogP contribution in [0.4, 0.5) is 11.6 Å². The van der Waals surface area contributed by atoms with E-state index in [0.29, 0.717) is 39.5 Å². The van der Waals surface area contributed by atoms with Crippen molar-refractivity contribution in [1.82, 2.24) is 24.9 Å². The quantitative estimate of drug-likeness (QED) is 0.452. The van der Waals surface area contributed by atoms with E-state index < -0.39 is 15.6 Å². The second-order valence-corrected chi connectivity index (χ2v) is 11.3. The van der Waals surface area contributed by atoms with Crippen LogP contribution in [-0.2, 0) is 10.0 Å². The van der Waals surface area contributed by atoms with Crippen molar-refractivity contribution in [3.8, 4) is 12.3 Å². The number of hydrogen-bond acceptors (Lipinski definition) is 7. The van der Waals surface area contributed by atoms with Crippen LogP contribution in [0.25, 0.3) is 4.91 Å². The molecule has 0 bridgehead atoms. The highest BCUT2D eigenvalue weighted by Gasteiger charge is 2.29. The largest absolute Gasteiger partial charge is 0.322 e. The average molecular weight is 455 g/mol. The Morgan fingerprint density at radius 2 is 2.03 bits per heavy atom. The number of rotatable bonds is 6. The summed E-state index contributed by atoms with van der Waals surface area (Å²) >= 11 is 0.999. The van der Waals surface area contributed by atoms with E-state index in [9.17, 15) is 8.42 Å². The van der Waals surface area contributed by atoms with Crippen LogP contribution in [0.3, 0.4) is 0 Å². The van der Waals surface area contributed by atoms with Crippen LogP contribution >= 0.6 is 11.8 Å². The van der Waals surface area contributed by atoms with Crippen molar-refractivity contribution in [3.05, 3.63) is 44.5 Å². The lowest BCUT2D eigenvalue weighted by molar-refractivity contribution is 0.496. The van der Waals surface area contributed by atoms with Crippen LogP contribution < -0.4 is 10.0 Å². The number of H-pyrrole nitrogens is 1. The Balaban J connectivity index is 1.65. The molecule has 0 amide bonds. The number of thioether (sulfide) groups is 1. The van der Waals surface area contributed by atoms with E-state index in [-0.39, 0.29) is 4.24 Å². The summed E-state index contributed by atoms with van der Waals surface area (Å²) in [6.45, 7) is 7.10. The highest BCUT2D eigenvalue weighted by atomic mass is 32.3. The maximum Gasteiger partial charge on any atom is 0.255 e. The summed E-state index contributed by atoms with van der Waals surface area (Å²) in [6.07, 6.45) is 8.00. The predicted octanol–water partition coefficient (Wildman–Crippen LogP) is 3.51. The first-order chi connectivity index (χ1) is 14.6. The highest BCUT2D eigenvalue weighted by Crippen LogP contribution is 2.40. The van der Waals surface area contributed by atoms with E-state index in [4.69, 9.17) is 6.42 Å². The molecular weight excluding hydrogens is 432 g/mol. The van der Waals surface area contributed by atoms with Gasteiger partial charge in [-0.1, -0.05) is 17.7 Å². The monoisotopic (exact) mass is 454 g/mol. The topological polar surface area (TPSA) is 113 Å². The molecule has 10 heteroatoms. The van der Waals surface area contributed by atoms with Gasteiger partial charge in [0.25, 0.3) is 10.0 Å². The Hall–Kier alpha value is -2.79. The summed E-state index contributed by atoms with van der Waals surface area (Å²) in [5, 5.41) is 10.5. The zero-order valence-corrected chi connectivity index (χ0v) is 19.3. The molecule has 1 saturated carbocycles. The maximum atomic E-state index is 12.6. The lowest BCUT2D eigenvalue weighted by Crippen LogP contribution is -2.40. The van der Waals surface area contributed by atoms with Crippen LogP contribution in [-0.4, -0.2) is 34.1 Å². The molecule has 0 saturated heterocycles. The summed E-state index contributed by atoms with van der Waals surface area (Å²) in [4.78, 5) is 9.44. The van der Waals surface area contributed by atoms with Crippen molar-refractivity contribution in [2.75, 3.05) is 5.32 Å². The maximum absolute atomic E-state index is 12.6. The number of hydrogen-bond donors (Lipinski definition) is 3. The average Bonchev–Trinajstić information content (AvgIpc) is 3.19. The third kappa shape index (κ3) is 4.77. The van der Waals surface area contributed by atoms with Crippen molar-refractivity contribution in [2.45, 2.75) is 52.0 Å². The number of aryl methyl sites for hydroxylation is 1. The van der Waals surface area contributed by atoms with Crippen molar-refractivity contribution < 1.29 is 8.42 Å². The summed E-state index contributed by atoms with van der Waals surface area (Å²) in [7, 11) is -3.72. The molecule has 1 fully saturated rings. The molecule has 3 heterocycles. The summed E-state index contributed by atoms with van der Waals surface area (Å²) in [5.74, 6) is 4.51. The molecule has 2 aromatic rings. The Labute approximate surface area is 185 Å². The minimum absolute atomic E-state index is 0.0237. The van der Waals surface area contributed by atoms with Crippen molar-refractivity contribution in [3.63, 3.8) is 0 Å². The first-order valence-corrected chi connectivity index (χ1v) is 12.0. The third-order valence-electron chi connectivity index (χ3n) is 4.46. The van der Waals surface area contributed by atoms with Gasteiger partial charge in [-0.25, -0.2) is 23.1 Å². The SMILES string of the molecule is C#Cc1c(C)nc(C2=C=C=C(S(=O)(=O)NC(C)(C)C)S2)nc1Nc1cc(C2CC2)[nH]n1. The molecule has 3 N–H and O–H groups in total. The molecule has 0 radical (unpaired) electrons. The number of aromatic amines is 1. The van der Waals surface area contributed by atoms with Gasteiger partial charge in [-0.05, 0) is 52.0 Å². The van der Waals surface area contributed by atoms with Gasteiger partial charge in [0.1, 0.15) is 4.91 Å². The van der Waals surface area contributed by atoms with Gasteiger partial charge >= 0.3 is 0 Å². The van der Waals surface area contributed by atoms with Gasteiger partial charge in [-0.3, -0.25) is 5.10 Å². The molecule has 8 nitrogen and oxygen atoms in total. The molecular formula is C21H22N6O2S2. The predicted molar refractivity (Wildman–Crippen MR) is 122 cm³/mol. The van der Waals surface area contributed by atoms with E-state index in [0.717, 1.165) is 30.3 Å².